The second kappa shape index (κ2) is 5.99. The van der Waals surface area contributed by atoms with E-state index in [1.807, 2.05) is 0 Å². The number of hydrogen-bond donors (Lipinski definition) is 1. The Morgan fingerprint density at radius 3 is 2.31 bits per heavy atom. The van der Waals surface area contributed by atoms with E-state index in [0.717, 1.165) is 11.9 Å². The van der Waals surface area contributed by atoms with E-state index in [4.69, 9.17) is 5.11 Å². The maximum Gasteiger partial charge on any atom is 0.0609 e. The van der Waals surface area contributed by atoms with Gasteiger partial charge in [-0.05, 0) is 26.8 Å². The number of aliphatic hydroxyl groups excluding tert-OH is 1. The average Bonchev–Trinajstić information content (AvgIpc) is 2.13. The summed E-state index contributed by atoms with van der Waals surface area (Å²) >= 11 is 3.50. The van der Waals surface area contributed by atoms with Gasteiger partial charge in [0.05, 0.1) is 6.61 Å². The number of rotatable bonds is 6. The zero-order valence-electron chi connectivity index (χ0n) is 9.18. The van der Waals surface area contributed by atoms with E-state index in [1.165, 1.54) is 6.42 Å². The Balaban J connectivity index is 4.04. The van der Waals surface area contributed by atoms with Crippen LogP contribution in [0.4, 0.5) is 0 Å². The molecule has 2 nitrogen and oxygen atoms in total. The highest BCUT2D eigenvalue weighted by atomic mass is 79.9. The first-order valence-corrected chi connectivity index (χ1v) is 5.98. The van der Waals surface area contributed by atoms with Crippen LogP contribution in [0, 0.1) is 5.92 Å². The number of alkyl halides is 1. The Morgan fingerprint density at radius 2 is 2.00 bits per heavy atom. The summed E-state index contributed by atoms with van der Waals surface area (Å²) < 4.78 is 0. The van der Waals surface area contributed by atoms with Gasteiger partial charge in [-0.1, -0.05) is 29.3 Å². The van der Waals surface area contributed by atoms with Gasteiger partial charge in [-0.3, -0.25) is 4.90 Å². The molecule has 13 heavy (non-hydrogen) atoms. The summed E-state index contributed by atoms with van der Waals surface area (Å²) in [4.78, 5) is 2.22. The molecule has 0 aromatic rings. The molecule has 0 aromatic carbocycles. The van der Waals surface area contributed by atoms with Crippen molar-refractivity contribution in [3.63, 3.8) is 0 Å². The molecular weight excluding hydrogens is 230 g/mol. The standard InChI is InChI=1S/C10H22BrNO/c1-5-9(6-11)7-12(4)10(2,3)8-13/h9,13H,5-8H2,1-4H3. The van der Waals surface area contributed by atoms with Crippen molar-refractivity contribution < 1.29 is 5.11 Å². The predicted octanol–water partition coefficient (Wildman–Crippen LogP) is 2.11. The SMILES string of the molecule is CCC(CBr)CN(C)C(C)(C)CO. The highest BCUT2D eigenvalue weighted by molar-refractivity contribution is 9.09. The monoisotopic (exact) mass is 251 g/mol. The lowest BCUT2D eigenvalue weighted by molar-refractivity contribution is 0.0685. The van der Waals surface area contributed by atoms with Gasteiger partial charge in [-0.15, -0.1) is 0 Å². The Bertz CT molecular complexity index is 135. The zero-order valence-corrected chi connectivity index (χ0v) is 10.8. The number of aliphatic hydroxyl groups is 1. The minimum Gasteiger partial charge on any atom is -0.394 e. The molecule has 0 fully saturated rings. The van der Waals surface area contributed by atoms with Crippen LogP contribution in [0.5, 0.6) is 0 Å². The minimum atomic E-state index is -0.102. The van der Waals surface area contributed by atoms with Crippen LogP contribution in [0.1, 0.15) is 27.2 Å². The van der Waals surface area contributed by atoms with Gasteiger partial charge in [-0.25, -0.2) is 0 Å². The lowest BCUT2D eigenvalue weighted by Gasteiger charge is -2.35. The third kappa shape index (κ3) is 4.43. The van der Waals surface area contributed by atoms with E-state index in [2.05, 4.69) is 48.6 Å². The van der Waals surface area contributed by atoms with Gasteiger partial charge in [0.15, 0.2) is 0 Å². The summed E-state index contributed by atoms with van der Waals surface area (Å²) in [6.07, 6.45) is 1.18. The summed E-state index contributed by atoms with van der Waals surface area (Å²) in [5.41, 5.74) is -0.102. The normalized spacial score (nSPS) is 15.0. The van der Waals surface area contributed by atoms with Gasteiger partial charge in [0, 0.05) is 17.4 Å². The number of likely N-dealkylation sites (N-methyl/N-ethyl adjacent to an activating group) is 1. The number of nitrogens with zero attached hydrogens (tertiary/aromatic N) is 1. The summed E-state index contributed by atoms with van der Waals surface area (Å²) in [5, 5.41) is 10.2. The zero-order chi connectivity index (χ0) is 10.5. The molecule has 80 valence electrons. The molecule has 0 amide bonds. The number of hydrogen-bond acceptors (Lipinski definition) is 2. The van der Waals surface area contributed by atoms with E-state index >= 15 is 0 Å². The largest absolute Gasteiger partial charge is 0.394 e. The van der Waals surface area contributed by atoms with Gasteiger partial charge in [0.1, 0.15) is 0 Å². The van der Waals surface area contributed by atoms with Crippen molar-refractivity contribution in [2.45, 2.75) is 32.7 Å². The van der Waals surface area contributed by atoms with Crippen LogP contribution in [0.15, 0.2) is 0 Å². The van der Waals surface area contributed by atoms with E-state index < -0.39 is 0 Å². The molecule has 0 rings (SSSR count). The molecule has 1 unspecified atom stereocenters. The van der Waals surface area contributed by atoms with Crippen molar-refractivity contribution >= 4 is 15.9 Å². The molecule has 1 atom stereocenters. The Labute approximate surface area is 90.4 Å². The van der Waals surface area contributed by atoms with Gasteiger partial charge in [0.25, 0.3) is 0 Å². The third-order valence-corrected chi connectivity index (χ3v) is 3.66. The van der Waals surface area contributed by atoms with E-state index in [9.17, 15) is 0 Å². The first-order chi connectivity index (χ1) is 5.97. The van der Waals surface area contributed by atoms with E-state index in [0.29, 0.717) is 5.92 Å². The molecule has 0 saturated heterocycles. The van der Waals surface area contributed by atoms with E-state index in [-0.39, 0.29) is 12.1 Å². The third-order valence-electron chi connectivity index (χ3n) is 2.75. The molecule has 1 N–H and O–H groups in total. The summed E-state index contributed by atoms with van der Waals surface area (Å²) in [5.74, 6) is 0.677. The number of halogens is 1. The fourth-order valence-electron chi connectivity index (χ4n) is 1.04. The maximum atomic E-state index is 9.17. The smallest absolute Gasteiger partial charge is 0.0609 e. The fraction of sp³-hybridized carbons (Fsp3) is 1.00. The molecule has 3 heteroatoms. The van der Waals surface area contributed by atoms with Crippen LogP contribution >= 0.6 is 15.9 Å². The van der Waals surface area contributed by atoms with Crippen molar-refractivity contribution in [3.8, 4) is 0 Å². The summed E-state index contributed by atoms with van der Waals surface area (Å²) in [6, 6.07) is 0. The first-order valence-electron chi connectivity index (χ1n) is 4.86. The Hall–Kier alpha value is 0.400. The lowest BCUT2D eigenvalue weighted by Crippen LogP contribution is -2.46. The molecule has 0 spiro atoms. The topological polar surface area (TPSA) is 23.5 Å². The van der Waals surface area contributed by atoms with Gasteiger partial charge in [-0.2, -0.15) is 0 Å². The molecule has 0 aliphatic heterocycles. The molecule has 0 saturated carbocycles. The van der Waals surface area contributed by atoms with Crippen molar-refractivity contribution in [3.05, 3.63) is 0 Å². The van der Waals surface area contributed by atoms with E-state index in [1.54, 1.807) is 0 Å². The van der Waals surface area contributed by atoms with Crippen LogP contribution < -0.4 is 0 Å². The average molecular weight is 252 g/mol. The van der Waals surface area contributed by atoms with Crippen LogP contribution in [-0.4, -0.2) is 41.1 Å². The molecule has 0 bridgehead atoms. The molecule has 0 aromatic heterocycles. The van der Waals surface area contributed by atoms with Crippen LogP contribution in [-0.2, 0) is 0 Å². The second-order valence-corrected chi connectivity index (χ2v) is 4.93. The summed E-state index contributed by atoms with van der Waals surface area (Å²) in [6.45, 7) is 7.57. The molecule has 0 radical (unpaired) electrons. The van der Waals surface area contributed by atoms with Crippen molar-refractivity contribution in [2.24, 2.45) is 5.92 Å². The minimum absolute atomic E-state index is 0.102. The Kier molecular flexibility index (Phi) is 6.18. The molecular formula is C10H22BrNO. The van der Waals surface area contributed by atoms with Crippen LogP contribution in [0.3, 0.4) is 0 Å². The Morgan fingerprint density at radius 1 is 1.46 bits per heavy atom. The molecule has 0 aliphatic carbocycles. The van der Waals surface area contributed by atoms with Gasteiger partial charge < -0.3 is 5.11 Å². The van der Waals surface area contributed by atoms with Crippen molar-refractivity contribution in [1.29, 1.82) is 0 Å². The highest BCUT2D eigenvalue weighted by Gasteiger charge is 2.23. The van der Waals surface area contributed by atoms with Crippen molar-refractivity contribution in [1.82, 2.24) is 4.90 Å². The van der Waals surface area contributed by atoms with Gasteiger partial charge >= 0.3 is 0 Å². The highest BCUT2D eigenvalue weighted by Crippen LogP contribution is 2.16. The second-order valence-electron chi connectivity index (χ2n) is 4.28. The van der Waals surface area contributed by atoms with Gasteiger partial charge in [0.2, 0.25) is 0 Å². The lowest BCUT2D eigenvalue weighted by atomic mass is 10.0. The van der Waals surface area contributed by atoms with Crippen molar-refractivity contribution in [2.75, 3.05) is 25.5 Å². The quantitative estimate of drug-likeness (QED) is 0.732. The maximum absolute atomic E-state index is 9.17. The molecule has 0 heterocycles. The predicted molar refractivity (Wildman–Crippen MR) is 61.4 cm³/mol. The van der Waals surface area contributed by atoms with Crippen LogP contribution in [0.2, 0.25) is 0 Å². The van der Waals surface area contributed by atoms with Crippen LogP contribution in [0.25, 0.3) is 0 Å². The summed E-state index contributed by atoms with van der Waals surface area (Å²) in [7, 11) is 2.07. The fourth-order valence-corrected chi connectivity index (χ4v) is 1.70. The molecule has 0 aliphatic rings. The first kappa shape index (κ1) is 13.4.